The standard InChI is InChI=1S/C15H17N3O/c1-11-7-8-17-9-13(11)10-18-15(19)14(16)12-5-3-2-4-6-12/h2-9,14H,10,16H2,1H3,(H,18,19)/t14-/m0/s1. The van der Waals surface area contributed by atoms with Gasteiger partial charge in [-0.25, -0.2) is 0 Å². The fourth-order valence-corrected chi connectivity index (χ4v) is 1.79. The second-order valence-electron chi connectivity index (χ2n) is 4.41. The molecular formula is C15H17N3O. The van der Waals surface area contributed by atoms with Gasteiger partial charge in [-0.2, -0.15) is 0 Å². The molecular weight excluding hydrogens is 238 g/mol. The zero-order chi connectivity index (χ0) is 13.7. The molecule has 0 bridgehead atoms. The van der Waals surface area contributed by atoms with Crippen LogP contribution in [0.5, 0.6) is 0 Å². The highest BCUT2D eigenvalue weighted by Crippen LogP contribution is 2.10. The van der Waals surface area contributed by atoms with Crippen LogP contribution in [0.2, 0.25) is 0 Å². The van der Waals surface area contributed by atoms with Crippen molar-refractivity contribution in [1.82, 2.24) is 10.3 Å². The van der Waals surface area contributed by atoms with E-state index in [-0.39, 0.29) is 5.91 Å². The number of carbonyl (C=O) groups excluding carboxylic acids is 1. The van der Waals surface area contributed by atoms with Crippen molar-refractivity contribution < 1.29 is 4.79 Å². The molecule has 0 aliphatic rings. The van der Waals surface area contributed by atoms with Gasteiger partial charge in [0.05, 0.1) is 0 Å². The van der Waals surface area contributed by atoms with Gasteiger partial charge in [-0.1, -0.05) is 30.3 Å². The second-order valence-corrected chi connectivity index (χ2v) is 4.41. The number of pyridine rings is 1. The Kier molecular flexibility index (Phi) is 4.26. The molecule has 3 N–H and O–H groups in total. The minimum absolute atomic E-state index is 0.186. The smallest absolute Gasteiger partial charge is 0.241 e. The summed E-state index contributed by atoms with van der Waals surface area (Å²) in [6, 6.07) is 10.6. The van der Waals surface area contributed by atoms with E-state index in [1.807, 2.05) is 43.3 Å². The molecule has 0 unspecified atom stereocenters. The Labute approximate surface area is 112 Å². The van der Waals surface area contributed by atoms with Crippen molar-refractivity contribution in [2.24, 2.45) is 5.73 Å². The third kappa shape index (κ3) is 3.39. The summed E-state index contributed by atoms with van der Waals surface area (Å²) in [6.45, 7) is 2.43. The molecule has 0 fully saturated rings. The molecule has 0 radical (unpaired) electrons. The Hall–Kier alpha value is -2.20. The van der Waals surface area contributed by atoms with Crippen LogP contribution >= 0.6 is 0 Å². The fourth-order valence-electron chi connectivity index (χ4n) is 1.79. The molecule has 2 rings (SSSR count). The number of rotatable bonds is 4. The largest absolute Gasteiger partial charge is 0.350 e. The van der Waals surface area contributed by atoms with Gasteiger partial charge >= 0.3 is 0 Å². The highest BCUT2D eigenvalue weighted by Gasteiger charge is 2.14. The van der Waals surface area contributed by atoms with Crippen molar-refractivity contribution in [3.05, 3.63) is 65.5 Å². The van der Waals surface area contributed by atoms with E-state index >= 15 is 0 Å². The van der Waals surface area contributed by atoms with Gasteiger partial charge in [0, 0.05) is 18.9 Å². The third-order valence-electron chi connectivity index (χ3n) is 3.04. The van der Waals surface area contributed by atoms with E-state index in [9.17, 15) is 4.79 Å². The van der Waals surface area contributed by atoms with Gasteiger partial charge in [-0.3, -0.25) is 9.78 Å². The predicted octanol–water partition coefficient (Wildman–Crippen LogP) is 1.71. The van der Waals surface area contributed by atoms with Gasteiger partial charge in [0.1, 0.15) is 6.04 Å². The van der Waals surface area contributed by atoms with Gasteiger partial charge in [-0.15, -0.1) is 0 Å². The summed E-state index contributed by atoms with van der Waals surface area (Å²) in [5.41, 5.74) is 8.82. The summed E-state index contributed by atoms with van der Waals surface area (Å²) < 4.78 is 0. The van der Waals surface area contributed by atoms with Crippen LogP contribution in [0, 0.1) is 6.92 Å². The first-order valence-electron chi connectivity index (χ1n) is 6.16. The number of carbonyl (C=O) groups is 1. The van der Waals surface area contributed by atoms with E-state index < -0.39 is 6.04 Å². The van der Waals surface area contributed by atoms with E-state index in [1.165, 1.54) is 0 Å². The number of hydrogen-bond donors (Lipinski definition) is 2. The molecule has 1 aromatic heterocycles. The molecule has 0 saturated carbocycles. The number of hydrogen-bond acceptors (Lipinski definition) is 3. The van der Waals surface area contributed by atoms with Crippen LogP contribution in [0.25, 0.3) is 0 Å². The average molecular weight is 255 g/mol. The zero-order valence-corrected chi connectivity index (χ0v) is 10.8. The molecule has 0 aliphatic heterocycles. The van der Waals surface area contributed by atoms with E-state index in [2.05, 4.69) is 10.3 Å². The lowest BCUT2D eigenvalue weighted by molar-refractivity contribution is -0.122. The van der Waals surface area contributed by atoms with E-state index in [1.54, 1.807) is 12.4 Å². The summed E-state index contributed by atoms with van der Waals surface area (Å²) in [7, 11) is 0. The van der Waals surface area contributed by atoms with Crippen LogP contribution in [0.15, 0.2) is 48.8 Å². The Morgan fingerprint density at radius 1 is 1.32 bits per heavy atom. The first-order chi connectivity index (χ1) is 9.18. The second kappa shape index (κ2) is 6.11. The summed E-state index contributed by atoms with van der Waals surface area (Å²) in [6.07, 6.45) is 3.49. The molecule has 1 aromatic carbocycles. The van der Waals surface area contributed by atoms with Crippen LogP contribution in [0.1, 0.15) is 22.7 Å². The number of nitrogens with zero attached hydrogens (tertiary/aromatic N) is 1. The van der Waals surface area contributed by atoms with Crippen LogP contribution in [-0.4, -0.2) is 10.9 Å². The number of benzene rings is 1. The van der Waals surface area contributed by atoms with Crippen molar-refractivity contribution in [3.63, 3.8) is 0 Å². The maximum Gasteiger partial charge on any atom is 0.241 e. The van der Waals surface area contributed by atoms with E-state index in [0.29, 0.717) is 6.54 Å². The molecule has 4 nitrogen and oxygen atoms in total. The SMILES string of the molecule is Cc1ccncc1CNC(=O)[C@@H](N)c1ccccc1. The van der Waals surface area contributed by atoms with Gasteiger partial charge in [-0.05, 0) is 29.7 Å². The van der Waals surface area contributed by atoms with E-state index in [4.69, 9.17) is 5.73 Å². The highest BCUT2D eigenvalue weighted by atomic mass is 16.2. The Morgan fingerprint density at radius 2 is 2.05 bits per heavy atom. The maximum atomic E-state index is 12.0. The molecule has 1 heterocycles. The summed E-state index contributed by atoms with van der Waals surface area (Å²) in [5, 5.41) is 2.83. The van der Waals surface area contributed by atoms with Gasteiger partial charge in [0.15, 0.2) is 0 Å². The molecule has 0 aliphatic carbocycles. The minimum Gasteiger partial charge on any atom is -0.350 e. The molecule has 1 atom stereocenters. The molecule has 1 amide bonds. The number of nitrogens with one attached hydrogen (secondary N) is 1. The van der Waals surface area contributed by atoms with Crippen LogP contribution < -0.4 is 11.1 Å². The Balaban J connectivity index is 1.97. The third-order valence-corrected chi connectivity index (χ3v) is 3.04. The lowest BCUT2D eigenvalue weighted by atomic mass is 10.1. The lowest BCUT2D eigenvalue weighted by Crippen LogP contribution is -2.33. The van der Waals surface area contributed by atoms with Gasteiger partial charge < -0.3 is 11.1 Å². The van der Waals surface area contributed by atoms with Crippen LogP contribution in [-0.2, 0) is 11.3 Å². The zero-order valence-electron chi connectivity index (χ0n) is 10.8. The van der Waals surface area contributed by atoms with Crippen molar-refractivity contribution in [2.45, 2.75) is 19.5 Å². The molecule has 0 spiro atoms. The summed E-state index contributed by atoms with van der Waals surface area (Å²) >= 11 is 0. The topological polar surface area (TPSA) is 68.0 Å². The van der Waals surface area contributed by atoms with Gasteiger partial charge in [0.2, 0.25) is 5.91 Å². The van der Waals surface area contributed by atoms with Crippen molar-refractivity contribution in [1.29, 1.82) is 0 Å². The maximum absolute atomic E-state index is 12.0. The summed E-state index contributed by atoms with van der Waals surface area (Å²) in [4.78, 5) is 16.0. The minimum atomic E-state index is -0.641. The van der Waals surface area contributed by atoms with Crippen LogP contribution in [0.3, 0.4) is 0 Å². The highest BCUT2D eigenvalue weighted by molar-refractivity contribution is 5.82. The number of aromatic nitrogens is 1. The normalized spacial score (nSPS) is 11.9. The monoisotopic (exact) mass is 255 g/mol. The number of nitrogens with two attached hydrogens (primary N) is 1. The fraction of sp³-hybridized carbons (Fsp3) is 0.200. The van der Waals surface area contributed by atoms with Crippen molar-refractivity contribution in [3.8, 4) is 0 Å². The Bertz CT molecular complexity index is 554. The number of aryl methyl sites for hydroxylation is 1. The molecule has 4 heteroatoms. The quantitative estimate of drug-likeness (QED) is 0.873. The predicted molar refractivity (Wildman–Crippen MR) is 74.2 cm³/mol. The van der Waals surface area contributed by atoms with Crippen LogP contribution in [0.4, 0.5) is 0 Å². The van der Waals surface area contributed by atoms with E-state index in [0.717, 1.165) is 16.7 Å². The molecule has 0 saturated heterocycles. The van der Waals surface area contributed by atoms with Gasteiger partial charge in [0.25, 0.3) is 0 Å². The molecule has 19 heavy (non-hydrogen) atoms. The first kappa shape index (κ1) is 13.2. The Morgan fingerprint density at radius 3 is 2.74 bits per heavy atom. The van der Waals surface area contributed by atoms with Crippen molar-refractivity contribution >= 4 is 5.91 Å². The van der Waals surface area contributed by atoms with Crippen molar-refractivity contribution in [2.75, 3.05) is 0 Å². The lowest BCUT2D eigenvalue weighted by Gasteiger charge is -2.13. The molecule has 2 aromatic rings. The average Bonchev–Trinajstić information content (AvgIpc) is 2.46. The first-order valence-corrected chi connectivity index (χ1v) is 6.16. The molecule has 98 valence electrons. The summed E-state index contributed by atoms with van der Waals surface area (Å²) in [5.74, 6) is -0.186. The number of amides is 1.